The van der Waals surface area contributed by atoms with E-state index in [0.29, 0.717) is 18.4 Å². The number of carbonyl (C=O) groups is 1. The molecule has 2 fully saturated rings. The number of amides is 1. The van der Waals surface area contributed by atoms with Crippen molar-refractivity contribution in [3.8, 4) is 0 Å². The quantitative estimate of drug-likeness (QED) is 0.916. The molecule has 5 heteroatoms. The second-order valence-corrected chi connectivity index (χ2v) is 5.86. The molecule has 1 amide bonds. The maximum atomic E-state index is 12.3. The summed E-state index contributed by atoms with van der Waals surface area (Å²) in [4.78, 5) is 14.3. The van der Waals surface area contributed by atoms with Crippen molar-refractivity contribution < 1.29 is 9.53 Å². The van der Waals surface area contributed by atoms with E-state index < -0.39 is 0 Å². The maximum absolute atomic E-state index is 12.3. The predicted octanol–water partition coefficient (Wildman–Crippen LogP) is 2.07. The molecular formula is C15H23N3O2. The minimum Gasteiger partial charge on any atom is -0.378 e. The third-order valence-electron chi connectivity index (χ3n) is 4.44. The molecule has 2 saturated heterocycles. The van der Waals surface area contributed by atoms with Gasteiger partial charge in [-0.25, -0.2) is 0 Å². The Morgan fingerprint density at radius 3 is 3.15 bits per heavy atom. The lowest BCUT2D eigenvalue weighted by Gasteiger charge is -2.32. The fraction of sp³-hybridized carbons (Fsp3) is 0.733. The number of ether oxygens (including phenoxy) is 1. The first-order chi connectivity index (χ1) is 9.83. The number of nitrogens with zero attached hydrogens (tertiary/aromatic N) is 2. The first kappa shape index (κ1) is 13.6. The van der Waals surface area contributed by atoms with Crippen molar-refractivity contribution in [2.45, 2.75) is 50.5 Å². The van der Waals surface area contributed by atoms with Crippen LogP contribution >= 0.6 is 0 Å². The summed E-state index contributed by atoms with van der Waals surface area (Å²) in [7, 11) is 0. The summed E-state index contributed by atoms with van der Waals surface area (Å²) in [5, 5.41) is 7.05. The van der Waals surface area contributed by atoms with Gasteiger partial charge in [0.2, 0.25) is 5.91 Å². The van der Waals surface area contributed by atoms with Gasteiger partial charge in [0.05, 0.1) is 6.10 Å². The summed E-state index contributed by atoms with van der Waals surface area (Å²) in [6, 6.07) is 2.02. The van der Waals surface area contributed by atoms with Crippen molar-refractivity contribution in [2.24, 2.45) is 0 Å². The van der Waals surface area contributed by atoms with Crippen LogP contribution in [0.4, 0.5) is 0 Å². The molecule has 1 aromatic rings. The largest absolute Gasteiger partial charge is 0.378 e. The summed E-state index contributed by atoms with van der Waals surface area (Å²) in [6.07, 6.45) is 8.08. The average molecular weight is 277 g/mol. The maximum Gasteiger partial charge on any atom is 0.222 e. The van der Waals surface area contributed by atoms with E-state index >= 15 is 0 Å². The smallest absolute Gasteiger partial charge is 0.222 e. The zero-order valence-corrected chi connectivity index (χ0v) is 11.9. The molecule has 2 aliphatic rings. The standard InChI is InChI=1S/C15H23N3O2/c19-15(6-5-13-4-2-10-20-13)18-9-1-3-12(11-18)14-7-8-16-17-14/h7-8,12-13H,1-6,9-11H2,(H,16,17)/t12-,13-/m1/s1. The van der Waals surface area contributed by atoms with Gasteiger partial charge in [-0.2, -0.15) is 5.10 Å². The molecule has 0 aromatic carbocycles. The van der Waals surface area contributed by atoms with E-state index in [0.717, 1.165) is 57.5 Å². The van der Waals surface area contributed by atoms with E-state index in [-0.39, 0.29) is 5.91 Å². The monoisotopic (exact) mass is 277 g/mol. The molecule has 0 bridgehead atoms. The van der Waals surface area contributed by atoms with Crippen LogP contribution in [0.5, 0.6) is 0 Å². The van der Waals surface area contributed by atoms with Crippen LogP contribution in [-0.2, 0) is 9.53 Å². The molecule has 5 nitrogen and oxygen atoms in total. The van der Waals surface area contributed by atoms with Crippen LogP contribution in [0.25, 0.3) is 0 Å². The normalized spacial score (nSPS) is 26.9. The van der Waals surface area contributed by atoms with Gasteiger partial charge in [0.25, 0.3) is 0 Å². The fourth-order valence-corrected chi connectivity index (χ4v) is 3.27. The van der Waals surface area contributed by atoms with Gasteiger partial charge in [-0.1, -0.05) is 0 Å². The molecule has 2 atom stereocenters. The molecule has 20 heavy (non-hydrogen) atoms. The number of piperidine rings is 1. The van der Waals surface area contributed by atoms with Gasteiger partial charge in [-0.05, 0) is 38.2 Å². The lowest BCUT2D eigenvalue weighted by atomic mass is 9.94. The van der Waals surface area contributed by atoms with Crippen molar-refractivity contribution in [2.75, 3.05) is 19.7 Å². The highest BCUT2D eigenvalue weighted by Crippen LogP contribution is 2.26. The zero-order chi connectivity index (χ0) is 13.8. The first-order valence-electron chi connectivity index (χ1n) is 7.71. The number of nitrogens with one attached hydrogen (secondary N) is 1. The average Bonchev–Trinajstić information content (AvgIpc) is 3.18. The number of likely N-dealkylation sites (tertiary alicyclic amines) is 1. The highest BCUT2D eigenvalue weighted by Gasteiger charge is 2.26. The zero-order valence-electron chi connectivity index (χ0n) is 11.9. The highest BCUT2D eigenvalue weighted by molar-refractivity contribution is 5.76. The molecule has 0 spiro atoms. The van der Waals surface area contributed by atoms with Crippen molar-refractivity contribution >= 4 is 5.91 Å². The summed E-state index contributed by atoms with van der Waals surface area (Å²) in [5.41, 5.74) is 1.15. The van der Waals surface area contributed by atoms with Crippen molar-refractivity contribution in [3.63, 3.8) is 0 Å². The molecule has 1 aromatic heterocycles. The Labute approximate surface area is 119 Å². The molecule has 2 aliphatic heterocycles. The Balaban J connectivity index is 1.49. The Bertz CT molecular complexity index is 426. The van der Waals surface area contributed by atoms with E-state index in [1.807, 2.05) is 11.0 Å². The van der Waals surface area contributed by atoms with Gasteiger partial charge in [0.1, 0.15) is 0 Å². The number of hydrogen-bond donors (Lipinski definition) is 1. The number of hydrogen-bond acceptors (Lipinski definition) is 3. The second kappa shape index (κ2) is 6.39. The van der Waals surface area contributed by atoms with E-state index in [2.05, 4.69) is 10.2 Å². The van der Waals surface area contributed by atoms with Crippen LogP contribution in [0.3, 0.4) is 0 Å². The second-order valence-electron chi connectivity index (χ2n) is 5.86. The lowest BCUT2D eigenvalue weighted by molar-refractivity contribution is -0.133. The number of H-pyrrole nitrogens is 1. The first-order valence-corrected chi connectivity index (χ1v) is 7.71. The molecule has 1 N–H and O–H groups in total. The fourth-order valence-electron chi connectivity index (χ4n) is 3.27. The summed E-state index contributed by atoms with van der Waals surface area (Å²) in [5.74, 6) is 0.697. The molecule has 3 heterocycles. The summed E-state index contributed by atoms with van der Waals surface area (Å²) < 4.78 is 5.59. The number of rotatable bonds is 4. The summed E-state index contributed by atoms with van der Waals surface area (Å²) in [6.45, 7) is 2.59. The van der Waals surface area contributed by atoms with Crippen LogP contribution in [0.1, 0.15) is 50.1 Å². The number of aromatic amines is 1. The van der Waals surface area contributed by atoms with E-state index in [1.165, 1.54) is 0 Å². The third kappa shape index (κ3) is 3.20. The molecular weight excluding hydrogens is 254 g/mol. The molecule has 3 rings (SSSR count). The van der Waals surface area contributed by atoms with Gasteiger partial charge in [-0.3, -0.25) is 9.89 Å². The van der Waals surface area contributed by atoms with Crippen LogP contribution in [0, 0.1) is 0 Å². The molecule has 0 unspecified atom stereocenters. The van der Waals surface area contributed by atoms with Gasteiger partial charge in [-0.15, -0.1) is 0 Å². The summed E-state index contributed by atoms with van der Waals surface area (Å²) >= 11 is 0. The third-order valence-corrected chi connectivity index (χ3v) is 4.44. The minimum absolute atomic E-state index is 0.282. The van der Waals surface area contributed by atoms with E-state index in [1.54, 1.807) is 6.20 Å². The Morgan fingerprint density at radius 1 is 1.45 bits per heavy atom. The van der Waals surface area contributed by atoms with Crippen LogP contribution in [-0.4, -0.2) is 46.8 Å². The predicted molar refractivity (Wildman–Crippen MR) is 75.4 cm³/mol. The number of carbonyl (C=O) groups excluding carboxylic acids is 1. The number of aromatic nitrogens is 2. The van der Waals surface area contributed by atoms with Gasteiger partial charge < -0.3 is 9.64 Å². The topological polar surface area (TPSA) is 58.2 Å². The Hall–Kier alpha value is -1.36. The van der Waals surface area contributed by atoms with E-state index in [9.17, 15) is 4.79 Å². The van der Waals surface area contributed by atoms with Crippen molar-refractivity contribution in [1.29, 1.82) is 0 Å². The van der Waals surface area contributed by atoms with Crippen LogP contribution < -0.4 is 0 Å². The van der Waals surface area contributed by atoms with Gasteiger partial charge in [0.15, 0.2) is 0 Å². The highest BCUT2D eigenvalue weighted by atomic mass is 16.5. The molecule has 0 aliphatic carbocycles. The molecule has 0 radical (unpaired) electrons. The Kier molecular flexibility index (Phi) is 4.35. The van der Waals surface area contributed by atoms with Crippen molar-refractivity contribution in [1.82, 2.24) is 15.1 Å². The van der Waals surface area contributed by atoms with Crippen LogP contribution in [0.15, 0.2) is 12.3 Å². The molecule has 0 saturated carbocycles. The van der Waals surface area contributed by atoms with Gasteiger partial charge >= 0.3 is 0 Å². The van der Waals surface area contributed by atoms with Gasteiger partial charge in [0, 0.05) is 43.9 Å². The minimum atomic E-state index is 0.282. The lowest BCUT2D eigenvalue weighted by Crippen LogP contribution is -2.39. The van der Waals surface area contributed by atoms with Crippen LogP contribution in [0.2, 0.25) is 0 Å². The molecule has 110 valence electrons. The van der Waals surface area contributed by atoms with E-state index in [4.69, 9.17) is 4.74 Å². The SMILES string of the molecule is O=C(CC[C@H]1CCCO1)N1CCC[C@@H](c2ccn[nH]2)C1. The Morgan fingerprint density at radius 2 is 2.40 bits per heavy atom. The van der Waals surface area contributed by atoms with Crippen molar-refractivity contribution in [3.05, 3.63) is 18.0 Å².